The number of hydrazone groups is 1. The van der Waals surface area contributed by atoms with E-state index in [-0.39, 0.29) is 16.5 Å². The van der Waals surface area contributed by atoms with Crippen molar-refractivity contribution in [1.29, 1.82) is 0 Å². The highest BCUT2D eigenvalue weighted by Gasteiger charge is 2.21. The maximum atomic E-state index is 12.8. The molecule has 0 aliphatic heterocycles. The highest BCUT2D eigenvalue weighted by atomic mass is 32.1. The van der Waals surface area contributed by atoms with Crippen LogP contribution in [0.4, 0.5) is 10.1 Å². The first-order valence-electron chi connectivity index (χ1n) is 6.17. The maximum Gasteiger partial charge on any atom is 0.309 e. The molecule has 0 aromatic carbocycles. The number of hydrogen-bond acceptors (Lipinski definition) is 6. The molecule has 2 heterocycles. The molecular formula is C12H12FN5O3S. The van der Waals surface area contributed by atoms with Crippen LogP contribution in [0.2, 0.25) is 0 Å². The Balaban J connectivity index is 2.01. The summed E-state index contributed by atoms with van der Waals surface area (Å²) in [4.78, 5) is 22.6. The van der Waals surface area contributed by atoms with Crippen LogP contribution in [-0.4, -0.2) is 26.8 Å². The zero-order chi connectivity index (χ0) is 16.3. The van der Waals surface area contributed by atoms with E-state index in [4.69, 9.17) is 0 Å². The molecule has 0 aliphatic rings. The number of hydrogen-bond donors (Lipinski definition) is 1. The Morgan fingerprint density at radius 1 is 1.64 bits per heavy atom. The first-order valence-corrected chi connectivity index (χ1v) is 6.98. The number of nitro groups is 1. The molecule has 1 atom stereocenters. The van der Waals surface area contributed by atoms with E-state index in [0.29, 0.717) is 4.88 Å². The fourth-order valence-electron chi connectivity index (χ4n) is 1.62. The Labute approximate surface area is 128 Å². The molecule has 0 saturated heterocycles. The number of aromatic nitrogens is 2. The summed E-state index contributed by atoms with van der Waals surface area (Å²) in [6, 6.07) is 2.05. The van der Waals surface area contributed by atoms with Gasteiger partial charge in [-0.1, -0.05) is 0 Å². The minimum Gasteiger partial charge on any atom is -0.271 e. The largest absolute Gasteiger partial charge is 0.309 e. The van der Waals surface area contributed by atoms with Crippen molar-refractivity contribution in [3.05, 3.63) is 44.1 Å². The maximum absolute atomic E-state index is 12.8. The Morgan fingerprint density at radius 3 is 2.91 bits per heavy atom. The molecule has 0 bridgehead atoms. The van der Waals surface area contributed by atoms with Crippen LogP contribution in [0.3, 0.4) is 0 Å². The van der Waals surface area contributed by atoms with Crippen LogP contribution in [0.15, 0.2) is 23.4 Å². The van der Waals surface area contributed by atoms with Crippen LogP contribution in [0, 0.1) is 22.2 Å². The number of aryl methyl sites for hydroxylation is 1. The molecule has 2 aromatic rings. The zero-order valence-corrected chi connectivity index (χ0v) is 12.5. The third-order valence-electron chi connectivity index (χ3n) is 2.82. The molecule has 1 unspecified atom stereocenters. The molecule has 0 radical (unpaired) electrons. The van der Waals surface area contributed by atoms with Gasteiger partial charge in [0.25, 0.3) is 5.91 Å². The van der Waals surface area contributed by atoms with Gasteiger partial charge in [0.05, 0.1) is 16.0 Å². The Kier molecular flexibility index (Phi) is 4.61. The van der Waals surface area contributed by atoms with E-state index >= 15 is 0 Å². The summed E-state index contributed by atoms with van der Waals surface area (Å²) >= 11 is 0.893. The van der Waals surface area contributed by atoms with Crippen LogP contribution in [0.25, 0.3) is 0 Å². The van der Waals surface area contributed by atoms with Gasteiger partial charge in [0.15, 0.2) is 5.13 Å². The average molecular weight is 325 g/mol. The van der Waals surface area contributed by atoms with Crippen molar-refractivity contribution in [2.45, 2.75) is 19.9 Å². The monoisotopic (exact) mass is 325 g/mol. The molecule has 2 aromatic heterocycles. The van der Waals surface area contributed by atoms with E-state index in [0.717, 1.165) is 11.3 Å². The van der Waals surface area contributed by atoms with Crippen molar-refractivity contribution < 1.29 is 14.1 Å². The number of nitrogens with zero attached hydrogens (tertiary/aromatic N) is 4. The number of carbonyl (C=O) groups excluding carboxylic acids is 1. The van der Waals surface area contributed by atoms with Crippen LogP contribution in [-0.2, 0) is 4.79 Å². The summed E-state index contributed by atoms with van der Waals surface area (Å²) in [5, 5.41) is 18.1. The number of rotatable bonds is 5. The van der Waals surface area contributed by atoms with Crippen LogP contribution >= 0.6 is 11.3 Å². The zero-order valence-electron chi connectivity index (χ0n) is 11.7. The van der Waals surface area contributed by atoms with Crippen molar-refractivity contribution in [2.75, 3.05) is 0 Å². The summed E-state index contributed by atoms with van der Waals surface area (Å²) in [7, 11) is 0. The lowest BCUT2D eigenvalue weighted by Gasteiger charge is -2.09. The van der Waals surface area contributed by atoms with Gasteiger partial charge in [0.1, 0.15) is 17.9 Å². The fourth-order valence-corrected chi connectivity index (χ4v) is 2.22. The molecule has 0 saturated carbocycles. The fraction of sp³-hybridized carbons (Fsp3) is 0.250. The van der Waals surface area contributed by atoms with Gasteiger partial charge < -0.3 is 0 Å². The van der Waals surface area contributed by atoms with E-state index in [2.05, 4.69) is 15.6 Å². The highest BCUT2D eigenvalue weighted by molar-refractivity contribution is 7.12. The first-order chi connectivity index (χ1) is 10.4. The van der Waals surface area contributed by atoms with Crippen molar-refractivity contribution in [3.8, 4) is 0 Å². The van der Waals surface area contributed by atoms with Gasteiger partial charge in [0.2, 0.25) is 0 Å². The van der Waals surface area contributed by atoms with E-state index in [1.54, 1.807) is 0 Å². The normalized spacial score (nSPS) is 12.5. The number of carbonyl (C=O) groups is 1. The second kappa shape index (κ2) is 6.43. The molecule has 0 spiro atoms. The Hall–Kier alpha value is -2.62. The summed E-state index contributed by atoms with van der Waals surface area (Å²) in [5.74, 6) is -0.495. The summed E-state index contributed by atoms with van der Waals surface area (Å²) in [5.41, 5.74) is 2.35. The Bertz CT molecular complexity index is 739. The van der Waals surface area contributed by atoms with Crippen molar-refractivity contribution in [2.24, 2.45) is 5.10 Å². The second-order valence-electron chi connectivity index (χ2n) is 4.39. The van der Waals surface area contributed by atoms with E-state index in [1.807, 2.05) is 0 Å². The molecule has 0 aliphatic carbocycles. The van der Waals surface area contributed by atoms with Crippen LogP contribution < -0.4 is 5.43 Å². The van der Waals surface area contributed by atoms with Crippen molar-refractivity contribution in [1.82, 2.24) is 15.2 Å². The number of halogens is 1. The molecule has 1 N–H and O–H groups in total. The second-order valence-corrected chi connectivity index (χ2v) is 5.45. The molecule has 1 amide bonds. The number of thiophene rings is 1. The van der Waals surface area contributed by atoms with Gasteiger partial charge in [-0.2, -0.15) is 14.6 Å². The van der Waals surface area contributed by atoms with Crippen LogP contribution in [0.1, 0.15) is 23.5 Å². The average Bonchev–Trinajstić information content (AvgIpc) is 3.04. The standard InChI is InChI=1S/C12H12FN5O3S/c1-7-10(18(20)21)6-17(16-7)8(2)12(19)15-14-5-9-3-4-11(13)22-9/h3-6,8H,1-2H3,(H,15,19)/b14-5+. The van der Waals surface area contributed by atoms with Crippen molar-refractivity contribution in [3.63, 3.8) is 0 Å². The number of nitrogens with one attached hydrogen (secondary N) is 1. The molecule has 2 rings (SSSR count). The molecule has 8 nitrogen and oxygen atoms in total. The van der Waals surface area contributed by atoms with Gasteiger partial charge in [-0.25, -0.2) is 5.43 Å². The SMILES string of the molecule is Cc1nn(C(C)C(=O)N/N=C/c2ccc(F)s2)cc1[N+](=O)[O-]. The van der Waals surface area contributed by atoms with Gasteiger partial charge in [0, 0.05) is 0 Å². The predicted octanol–water partition coefficient (Wildman–Crippen LogP) is 2.01. The third-order valence-corrected chi connectivity index (χ3v) is 3.63. The summed E-state index contributed by atoms with van der Waals surface area (Å²) in [6.45, 7) is 3.02. The van der Waals surface area contributed by atoms with Gasteiger partial charge in [-0.15, -0.1) is 11.3 Å². The first kappa shape index (κ1) is 15.8. The quantitative estimate of drug-likeness (QED) is 0.516. The minimum atomic E-state index is -0.773. The highest BCUT2D eigenvalue weighted by Crippen LogP contribution is 2.18. The van der Waals surface area contributed by atoms with Gasteiger partial charge >= 0.3 is 5.69 Å². The molecule has 10 heteroatoms. The number of amides is 1. The molecular weight excluding hydrogens is 313 g/mol. The topological polar surface area (TPSA) is 102 Å². The molecule has 0 fully saturated rings. The van der Waals surface area contributed by atoms with Crippen molar-refractivity contribution >= 4 is 29.1 Å². The minimum absolute atomic E-state index is 0.155. The summed E-state index contributed by atoms with van der Waals surface area (Å²) in [6.07, 6.45) is 2.51. The molecule has 22 heavy (non-hydrogen) atoms. The molecule has 116 valence electrons. The van der Waals surface area contributed by atoms with E-state index in [9.17, 15) is 19.3 Å². The smallest absolute Gasteiger partial charge is 0.271 e. The van der Waals surface area contributed by atoms with Gasteiger partial charge in [-0.05, 0) is 26.0 Å². The lowest BCUT2D eigenvalue weighted by molar-refractivity contribution is -0.385. The third kappa shape index (κ3) is 3.52. The van der Waals surface area contributed by atoms with Gasteiger partial charge in [-0.3, -0.25) is 19.6 Å². The van der Waals surface area contributed by atoms with Crippen LogP contribution in [0.5, 0.6) is 0 Å². The lowest BCUT2D eigenvalue weighted by atomic mass is 10.3. The van der Waals surface area contributed by atoms with E-state index < -0.39 is 16.9 Å². The Morgan fingerprint density at radius 2 is 2.36 bits per heavy atom. The lowest BCUT2D eigenvalue weighted by Crippen LogP contribution is -2.27. The van der Waals surface area contributed by atoms with E-state index in [1.165, 1.54) is 43.1 Å². The predicted molar refractivity (Wildman–Crippen MR) is 78.3 cm³/mol. The summed E-state index contributed by atoms with van der Waals surface area (Å²) < 4.78 is 14.0.